The van der Waals surface area contributed by atoms with Crippen molar-refractivity contribution in [2.24, 2.45) is 4.99 Å². The van der Waals surface area contributed by atoms with Gasteiger partial charge in [0.05, 0.1) is 32.9 Å². The Balaban J connectivity index is 1.78. The van der Waals surface area contributed by atoms with E-state index in [4.69, 9.17) is 6.42 Å². The van der Waals surface area contributed by atoms with E-state index >= 15 is 0 Å². The quantitative estimate of drug-likeness (QED) is 0.409. The lowest BCUT2D eigenvalue weighted by Gasteiger charge is -2.11. The van der Waals surface area contributed by atoms with Crippen molar-refractivity contribution in [3.8, 4) is 12.3 Å². The van der Waals surface area contributed by atoms with Crippen LogP contribution in [-0.4, -0.2) is 18.9 Å². The Kier molecular flexibility index (Phi) is 6.42. The maximum Gasteiger partial charge on any atom is 0.281 e. The zero-order valence-corrected chi connectivity index (χ0v) is 20.6. The summed E-state index contributed by atoms with van der Waals surface area (Å²) in [5.74, 6) is 2.06. The minimum absolute atomic E-state index is 0.111. The molecule has 3 aromatic carbocycles. The second-order valence-electron chi connectivity index (χ2n) is 7.99. The highest BCUT2D eigenvalue weighted by atomic mass is 32.2. The van der Waals surface area contributed by atoms with Gasteiger partial charge >= 0.3 is 0 Å². The Bertz CT molecular complexity index is 1620. The summed E-state index contributed by atoms with van der Waals surface area (Å²) in [6.45, 7) is 6.15. The van der Waals surface area contributed by atoms with Gasteiger partial charge in [-0.25, -0.2) is 8.42 Å². The molecule has 1 N–H and O–H groups in total. The maximum absolute atomic E-state index is 13.2. The van der Waals surface area contributed by atoms with Crippen LogP contribution in [0.1, 0.15) is 27.0 Å². The van der Waals surface area contributed by atoms with E-state index in [9.17, 15) is 13.2 Å². The van der Waals surface area contributed by atoms with Crippen molar-refractivity contribution in [1.29, 1.82) is 0 Å². The summed E-state index contributed by atoms with van der Waals surface area (Å²) in [7, 11) is -3.88. The van der Waals surface area contributed by atoms with Gasteiger partial charge in [0.25, 0.3) is 15.9 Å². The van der Waals surface area contributed by atoms with Crippen molar-refractivity contribution >= 4 is 43.2 Å². The minimum atomic E-state index is -3.88. The molecule has 0 spiro atoms. The molecule has 0 aliphatic carbocycles. The summed E-state index contributed by atoms with van der Waals surface area (Å²) in [6, 6.07) is 17.0. The van der Waals surface area contributed by atoms with Crippen molar-refractivity contribution in [2.75, 3.05) is 4.72 Å². The number of hydrogen-bond acceptors (Lipinski definition) is 4. The molecule has 6 nitrogen and oxygen atoms in total. The number of aryl methyl sites for hydroxylation is 3. The lowest BCUT2D eigenvalue weighted by molar-refractivity contribution is 0.0998. The lowest BCUT2D eigenvalue weighted by Crippen LogP contribution is -2.18. The zero-order chi connectivity index (χ0) is 24.5. The Labute approximate surface area is 202 Å². The first kappa shape index (κ1) is 23.5. The number of rotatable bonds is 5. The predicted octanol–water partition coefficient (Wildman–Crippen LogP) is 4.80. The Hall–Kier alpha value is -3.67. The molecule has 0 saturated carbocycles. The number of thiazole rings is 1. The molecule has 0 fully saturated rings. The molecule has 4 aromatic rings. The standard InChI is InChI=1S/C26H23N3O3S2/c1-5-14-29-23-16-18(3)15-19(4)24(23)33-26(29)27-25(30)21-8-6-7-9-22(21)28-34(31,32)20-12-10-17(2)11-13-20/h1,6-13,15-16,28H,14H2,2-4H3. The average molecular weight is 490 g/mol. The van der Waals surface area contributed by atoms with E-state index in [1.165, 1.54) is 23.5 Å². The van der Waals surface area contributed by atoms with Gasteiger partial charge in [-0.1, -0.05) is 53.2 Å². The highest BCUT2D eigenvalue weighted by molar-refractivity contribution is 7.92. The largest absolute Gasteiger partial charge is 0.305 e. The number of benzene rings is 3. The van der Waals surface area contributed by atoms with Crippen LogP contribution in [0.4, 0.5) is 5.69 Å². The lowest BCUT2D eigenvalue weighted by atomic mass is 10.1. The molecule has 0 radical (unpaired) electrons. The molecule has 8 heteroatoms. The summed E-state index contributed by atoms with van der Waals surface area (Å²) >= 11 is 1.38. The zero-order valence-electron chi connectivity index (χ0n) is 19.0. The number of anilines is 1. The van der Waals surface area contributed by atoms with Crippen LogP contribution < -0.4 is 9.52 Å². The summed E-state index contributed by atoms with van der Waals surface area (Å²) in [5.41, 5.74) is 4.33. The van der Waals surface area contributed by atoms with Crippen LogP contribution in [0, 0.1) is 33.1 Å². The molecular formula is C26H23N3O3S2. The summed E-state index contributed by atoms with van der Waals surface area (Å²) in [4.78, 5) is 18.1. The van der Waals surface area contributed by atoms with Gasteiger partial charge in [-0.05, 0) is 62.2 Å². The van der Waals surface area contributed by atoms with Gasteiger partial charge in [-0.2, -0.15) is 4.99 Å². The fraction of sp³-hybridized carbons (Fsp3) is 0.154. The molecule has 172 valence electrons. The molecule has 1 heterocycles. The molecule has 0 bridgehead atoms. The normalized spacial score (nSPS) is 12.0. The molecule has 1 aromatic heterocycles. The van der Waals surface area contributed by atoms with Gasteiger partial charge in [0.2, 0.25) is 0 Å². The number of aromatic nitrogens is 1. The Morgan fingerprint density at radius 1 is 1.06 bits per heavy atom. The fourth-order valence-corrected chi connectivity index (χ4v) is 5.83. The number of nitrogens with zero attached hydrogens (tertiary/aromatic N) is 2. The Morgan fingerprint density at radius 2 is 1.76 bits per heavy atom. The Morgan fingerprint density at radius 3 is 2.47 bits per heavy atom. The second kappa shape index (κ2) is 9.29. The van der Waals surface area contributed by atoms with Gasteiger partial charge in [-0.3, -0.25) is 9.52 Å². The van der Waals surface area contributed by atoms with Crippen LogP contribution >= 0.6 is 11.3 Å². The van der Waals surface area contributed by atoms with Crippen molar-refractivity contribution in [1.82, 2.24) is 4.57 Å². The van der Waals surface area contributed by atoms with Crippen LogP contribution in [0.5, 0.6) is 0 Å². The summed E-state index contributed by atoms with van der Waals surface area (Å²) in [6.07, 6.45) is 5.59. The van der Waals surface area contributed by atoms with Crippen LogP contribution in [-0.2, 0) is 16.6 Å². The van der Waals surface area contributed by atoms with Crippen LogP contribution in [0.25, 0.3) is 10.2 Å². The van der Waals surface area contributed by atoms with Gasteiger partial charge in [0.15, 0.2) is 4.80 Å². The molecular weight excluding hydrogens is 466 g/mol. The molecule has 0 saturated heterocycles. The SMILES string of the molecule is C#CCn1c(=NC(=O)c2ccccc2NS(=O)(=O)c2ccc(C)cc2)sc2c(C)cc(C)cc21. The molecule has 0 atom stereocenters. The number of terminal acetylenes is 1. The van der Waals surface area contributed by atoms with Crippen LogP contribution in [0.3, 0.4) is 0 Å². The third kappa shape index (κ3) is 4.67. The van der Waals surface area contributed by atoms with Crippen molar-refractivity contribution in [3.05, 3.63) is 87.7 Å². The van der Waals surface area contributed by atoms with Gasteiger partial charge in [0.1, 0.15) is 0 Å². The van der Waals surface area contributed by atoms with Gasteiger partial charge < -0.3 is 4.57 Å². The van der Waals surface area contributed by atoms with Crippen LogP contribution in [0.15, 0.2) is 70.6 Å². The number of para-hydroxylation sites is 1. The van der Waals surface area contributed by atoms with E-state index < -0.39 is 15.9 Å². The van der Waals surface area contributed by atoms with Crippen molar-refractivity contribution in [3.63, 3.8) is 0 Å². The number of nitrogens with one attached hydrogen (secondary N) is 1. The van der Waals surface area contributed by atoms with E-state index in [0.29, 0.717) is 4.80 Å². The van der Waals surface area contributed by atoms with E-state index in [0.717, 1.165) is 26.9 Å². The van der Waals surface area contributed by atoms with Gasteiger partial charge in [-0.15, -0.1) is 6.42 Å². The van der Waals surface area contributed by atoms with Gasteiger partial charge in [0, 0.05) is 0 Å². The van der Waals surface area contributed by atoms with Crippen molar-refractivity contribution in [2.45, 2.75) is 32.2 Å². The highest BCUT2D eigenvalue weighted by Crippen LogP contribution is 2.24. The van der Waals surface area contributed by atoms with E-state index in [-0.39, 0.29) is 22.7 Å². The summed E-state index contributed by atoms with van der Waals surface area (Å²) in [5, 5.41) is 0. The predicted molar refractivity (Wildman–Crippen MR) is 136 cm³/mol. The molecule has 4 rings (SSSR count). The molecule has 0 unspecified atom stereocenters. The third-order valence-corrected chi connectivity index (χ3v) is 7.90. The first-order chi connectivity index (χ1) is 16.2. The second-order valence-corrected chi connectivity index (χ2v) is 10.6. The average Bonchev–Trinajstić information content (AvgIpc) is 3.12. The number of carbonyl (C=O) groups excluding carboxylic acids is 1. The highest BCUT2D eigenvalue weighted by Gasteiger charge is 2.19. The van der Waals surface area contributed by atoms with E-state index in [1.807, 2.05) is 31.4 Å². The van der Waals surface area contributed by atoms with E-state index in [2.05, 4.69) is 21.7 Å². The van der Waals surface area contributed by atoms with Crippen molar-refractivity contribution < 1.29 is 13.2 Å². The number of sulfonamides is 1. The van der Waals surface area contributed by atoms with Crippen LogP contribution in [0.2, 0.25) is 0 Å². The number of amides is 1. The third-order valence-electron chi connectivity index (χ3n) is 5.29. The molecule has 34 heavy (non-hydrogen) atoms. The maximum atomic E-state index is 13.2. The van der Waals surface area contributed by atoms with E-state index in [1.54, 1.807) is 36.4 Å². The minimum Gasteiger partial charge on any atom is -0.305 e. The fourth-order valence-electron chi connectivity index (χ4n) is 3.67. The number of fused-ring (bicyclic) bond motifs is 1. The molecule has 0 aliphatic rings. The molecule has 1 amide bonds. The number of carbonyl (C=O) groups is 1. The topological polar surface area (TPSA) is 80.5 Å². The monoisotopic (exact) mass is 489 g/mol. The smallest absolute Gasteiger partial charge is 0.281 e. The molecule has 0 aliphatic heterocycles. The first-order valence-corrected chi connectivity index (χ1v) is 12.8. The first-order valence-electron chi connectivity index (χ1n) is 10.5. The summed E-state index contributed by atoms with van der Waals surface area (Å²) < 4.78 is 31.1. The number of hydrogen-bond donors (Lipinski definition) is 1.